The number of rotatable bonds is 2. The summed E-state index contributed by atoms with van der Waals surface area (Å²) in [7, 11) is 0. The molecule has 3 heteroatoms. The highest BCUT2D eigenvalue weighted by molar-refractivity contribution is 6.19. The minimum Gasteiger partial charge on any atom is -0.402 e. The average molecular weight is 176 g/mol. The smallest absolute Gasteiger partial charge is 0.251 e. The minimum absolute atomic E-state index is 0.389. The van der Waals surface area contributed by atoms with E-state index in [0.717, 1.165) is 5.56 Å². The predicted octanol–water partition coefficient (Wildman–Crippen LogP) is 0.862. The van der Waals surface area contributed by atoms with E-state index in [-0.39, 0.29) is 0 Å². The Morgan fingerprint density at radius 1 is 1.15 bits per heavy atom. The largest absolute Gasteiger partial charge is 0.402 e. The normalized spacial score (nSPS) is 12.1. The summed E-state index contributed by atoms with van der Waals surface area (Å²) in [6.45, 7) is 1.66. The summed E-state index contributed by atoms with van der Waals surface area (Å²) in [6.07, 6.45) is 0. The van der Waals surface area contributed by atoms with Crippen molar-refractivity contribution < 1.29 is 4.79 Å². The fraction of sp³-hybridized carbons (Fsp3) is 0.100. The van der Waals surface area contributed by atoms with E-state index in [9.17, 15) is 4.79 Å². The van der Waals surface area contributed by atoms with Crippen molar-refractivity contribution in [3.05, 3.63) is 41.6 Å². The predicted molar refractivity (Wildman–Crippen MR) is 52.4 cm³/mol. The van der Waals surface area contributed by atoms with Gasteiger partial charge in [0.1, 0.15) is 0 Å². The van der Waals surface area contributed by atoms with Gasteiger partial charge in [-0.15, -0.1) is 0 Å². The van der Waals surface area contributed by atoms with Gasteiger partial charge in [-0.3, -0.25) is 4.79 Å². The van der Waals surface area contributed by atoms with Crippen molar-refractivity contribution in [1.82, 2.24) is 0 Å². The molecule has 0 aliphatic heterocycles. The first kappa shape index (κ1) is 9.32. The van der Waals surface area contributed by atoms with Gasteiger partial charge in [0.2, 0.25) is 0 Å². The lowest BCUT2D eigenvalue weighted by molar-refractivity contribution is -0.112. The molecule has 68 valence electrons. The molecule has 0 spiro atoms. The van der Waals surface area contributed by atoms with Crippen LogP contribution in [0.4, 0.5) is 0 Å². The highest BCUT2D eigenvalue weighted by Gasteiger charge is 2.09. The van der Waals surface area contributed by atoms with Gasteiger partial charge in [-0.05, 0) is 12.5 Å². The Balaban J connectivity index is 3.20. The molecule has 0 saturated heterocycles. The molecule has 1 aromatic carbocycles. The molecule has 0 aliphatic carbocycles. The Hall–Kier alpha value is -1.77. The van der Waals surface area contributed by atoms with Crippen molar-refractivity contribution in [1.29, 1.82) is 0 Å². The second-order valence-electron chi connectivity index (χ2n) is 2.79. The molecule has 0 radical (unpaired) electrons. The van der Waals surface area contributed by atoms with E-state index in [1.165, 1.54) is 0 Å². The molecule has 3 nitrogen and oxygen atoms in total. The van der Waals surface area contributed by atoms with E-state index in [4.69, 9.17) is 11.5 Å². The summed E-state index contributed by atoms with van der Waals surface area (Å²) in [4.78, 5) is 11.0. The highest BCUT2D eigenvalue weighted by atomic mass is 16.1. The van der Waals surface area contributed by atoms with Crippen LogP contribution in [-0.4, -0.2) is 5.91 Å². The van der Waals surface area contributed by atoms with Crippen LogP contribution in [0, 0.1) is 0 Å². The molecule has 1 amide bonds. The van der Waals surface area contributed by atoms with Gasteiger partial charge in [0.05, 0.1) is 5.57 Å². The van der Waals surface area contributed by atoms with Crippen LogP contribution in [-0.2, 0) is 4.79 Å². The summed E-state index contributed by atoms with van der Waals surface area (Å²) in [5.74, 6) is -0.494. The van der Waals surface area contributed by atoms with E-state index in [1.54, 1.807) is 19.1 Å². The number of benzene rings is 1. The van der Waals surface area contributed by atoms with Crippen LogP contribution in [0.15, 0.2) is 36.0 Å². The number of primary amides is 1. The Kier molecular flexibility index (Phi) is 2.69. The van der Waals surface area contributed by atoms with Crippen LogP contribution in [0.3, 0.4) is 0 Å². The molecule has 0 saturated carbocycles. The van der Waals surface area contributed by atoms with E-state index in [2.05, 4.69) is 0 Å². The lowest BCUT2D eigenvalue weighted by Crippen LogP contribution is -2.16. The number of carbonyl (C=O) groups is 1. The second-order valence-corrected chi connectivity index (χ2v) is 2.79. The fourth-order valence-electron chi connectivity index (χ4n) is 1.17. The SMILES string of the molecule is C/C(N)=C(/C(N)=O)c1ccccc1. The fourth-order valence-corrected chi connectivity index (χ4v) is 1.17. The summed E-state index contributed by atoms with van der Waals surface area (Å²) in [6, 6.07) is 9.14. The molecular formula is C10H12N2O. The van der Waals surface area contributed by atoms with Crippen molar-refractivity contribution in [2.75, 3.05) is 0 Å². The maximum atomic E-state index is 11.0. The maximum Gasteiger partial charge on any atom is 0.251 e. The maximum absolute atomic E-state index is 11.0. The first-order valence-electron chi connectivity index (χ1n) is 3.94. The van der Waals surface area contributed by atoms with Gasteiger partial charge in [-0.1, -0.05) is 30.3 Å². The zero-order valence-electron chi connectivity index (χ0n) is 7.45. The van der Waals surface area contributed by atoms with E-state index >= 15 is 0 Å². The van der Waals surface area contributed by atoms with Crippen molar-refractivity contribution in [2.24, 2.45) is 11.5 Å². The monoisotopic (exact) mass is 176 g/mol. The number of nitrogens with two attached hydrogens (primary N) is 2. The molecule has 4 N–H and O–H groups in total. The summed E-state index contributed by atoms with van der Waals surface area (Å²) in [5, 5.41) is 0. The Morgan fingerprint density at radius 3 is 2.08 bits per heavy atom. The Labute approximate surface area is 77.0 Å². The molecule has 0 heterocycles. The van der Waals surface area contributed by atoms with Gasteiger partial charge in [-0.25, -0.2) is 0 Å². The molecule has 0 bridgehead atoms. The van der Waals surface area contributed by atoms with Gasteiger partial charge >= 0.3 is 0 Å². The van der Waals surface area contributed by atoms with Crippen molar-refractivity contribution >= 4 is 11.5 Å². The quantitative estimate of drug-likeness (QED) is 0.656. The number of hydrogen-bond donors (Lipinski definition) is 2. The zero-order chi connectivity index (χ0) is 9.84. The summed E-state index contributed by atoms with van der Waals surface area (Å²) >= 11 is 0. The van der Waals surface area contributed by atoms with Crippen LogP contribution in [0.1, 0.15) is 12.5 Å². The van der Waals surface area contributed by atoms with Gasteiger partial charge in [0.25, 0.3) is 5.91 Å². The van der Waals surface area contributed by atoms with E-state index in [1.807, 2.05) is 18.2 Å². The lowest BCUT2D eigenvalue weighted by atomic mass is 10.0. The third-order valence-electron chi connectivity index (χ3n) is 1.70. The molecule has 0 unspecified atom stereocenters. The van der Waals surface area contributed by atoms with Crippen molar-refractivity contribution in [3.8, 4) is 0 Å². The summed E-state index contributed by atoms with van der Waals surface area (Å²) in [5.41, 5.74) is 12.3. The van der Waals surface area contributed by atoms with Crippen LogP contribution in [0.25, 0.3) is 5.57 Å². The first-order chi connectivity index (χ1) is 6.13. The van der Waals surface area contributed by atoms with Crippen LogP contribution in [0.5, 0.6) is 0 Å². The van der Waals surface area contributed by atoms with Crippen LogP contribution < -0.4 is 11.5 Å². The molecule has 0 aromatic heterocycles. The Morgan fingerprint density at radius 2 is 1.69 bits per heavy atom. The van der Waals surface area contributed by atoms with Gasteiger partial charge in [-0.2, -0.15) is 0 Å². The number of allylic oxidation sites excluding steroid dienone is 1. The van der Waals surface area contributed by atoms with Crippen LogP contribution in [0.2, 0.25) is 0 Å². The minimum atomic E-state index is -0.494. The van der Waals surface area contributed by atoms with Gasteiger partial charge in [0.15, 0.2) is 0 Å². The number of hydrogen-bond acceptors (Lipinski definition) is 2. The zero-order valence-corrected chi connectivity index (χ0v) is 7.45. The molecule has 1 rings (SSSR count). The topological polar surface area (TPSA) is 69.1 Å². The van der Waals surface area contributed by atoms with Crippen molar-refractivity contribution in [3.63, 3.8) is 0 Å². The third kappa shape index (κ3) is 2.08. The molecule has 0 atom stereocenters. The van der Waals surface area contributed by atoms with Crippen LogP contribution >= 0.6 is 0 Å². The molecule has 1 aromatic rings. The molecule has 0 aliphatic rings. The molecule has 0 fully saturated rings. The number of carbonyl (C=O) groups excluding carboxylic acids is 1. The molecule has 13 heavy (non-hydrogen) atoms. The van der Waals surface area contributed by atoms with E-state index < -0.39 is 5.91 Å². The van der Waals surface area contributed by atoms with Gasteiger partial charge in [0, 0.05) is 5.70 Å². The third-order valence-corrected chi connectivity index (χ3v) is 1.70. The Bertz CT molecular complexity index is 337. The standard InChI is InChI=1S/C10H12N2O/c1-7(11)9(10(12)13)8-5-3-2-4-6-8/h2-6H,11H2,1H3,(H2,12,13)/b9-7-. The summed E-state index contributed by atoms with van der Waals surface area (Å²) < 4.78 is 0. The lowest BCUT2D eigenvalue weighted by Gasteiger charge is -2.04. The van der Waals surface area contributed by atoms with Crippen molar-refractivity contribution in [2.45, 2.75) is 6.92 Å². The van der Waals surface area contributed by atoms with E-state index in [0.29, 0.717) is 11.3 Å². The second kappa shape index (κ2) is 3.76. The number of amides is 1. The highest BCUT2D eigenvalue weighted by Crippen LogP contribution is 2.14. The first-order valence-corrected chi connectivity index (χ1v) is 3.94. The average Bonchev–Trinajstić information content (AvgIpc) is 2.04. The van der Waals surface area contributed by atoms with Gasteiger partial charge < -0.3 is 11.5 Å². The molecular weight excluding hydrogens is 164 g/mol.